The van der Waals surface area contributed by atoms with Gasteiger partial charge >= 0.3 is 0 Å². The van der Waals surface area contributed by atoms with Crippen LogP contribution in [0.2, 0.25) is 0 Å². The molecular weight excluding hydrogens is 160 g/mol. The largest absolute Gasteiger partial charge is 0.293 e. The van der Waals surface area contributed by atoms with E-state index in [-0.39, 0.29) is 12.4 Å². The molecule has 0 bridgehead atoms. The summed E-state index contributed by atoms with van der Waals surface area (Å²) in [6, 6.07) is 1.73. The Morgan fingerprint density at radius 3 is 3.17 bits per heavy atom. The molecule has 1 aromatic rings. The SMILES string of the molecule is N#Cc1ncn(CC(=O)NN)n1. The molecule has 0 unspecified atom stereocenters. The number of hydrogen-bond acceptors (Lipinski definition) is 5. The minimum atomic E-state index is -0.399. The summed E-state index contributed by atoms with van der Waals surface area (Å²) in [6.07, 6.45) is 1.29. The van der Waals surface area contributed by atoms with Crippen molar-refractivity contribution in [3.8, 4) is 6.07 Å². The summed E-state index contributed by atoms with van der Waals surface area (Å²) in [5.41, 5.74) is 1.93. The van der Waals surface area contributed by atoms with E-state index in [2.05, 4.69) is 10.1 Å². The zero-order valence-electron chi connectivity index (χ0n) is 6.06. The van der Waals surface area contributed by atoms with Crippen molar-refractivity contribution in [1.29, 1.82) is 5.26 Å². The van der Waals surface area contributed by atoms with E-state index in [1.807, 2.05) is 5.43 Å². The van der Waals surface area contributed by atoms with E-state index in [1.54, 1.807) is 6.07 Å². The first-order chi connectivity index (χ1) is 5.76. The van der Waals surface area contributed by atoms with E-state index in [1.165, 1.54) is 11.0 Å². The number of nitriles is 1. The van der Waals surface area contributed by atoms with Crippen LogP contribution in [0, 0.1) is 11.3 Å². The van der Waals surface area contributed by atoms with Crippen LogP contribution in [-0.4, -0.2) is 20.7 Å². The molecule has 12 heavy (non-hydrogen) atoms. The summed E-state index contributed by atoms with van der Waals surface area (Å²) < 4.78 is 1.22. The normalized spacial score (nSPS) is 9.00. The second-order valence-electron chi connectivity index (χ2n) is 1.95. The number of nitrogens with one attached hydrogen (secondary N) is 1. The molecule has 7 nitrogen and oxygen atoms in total. The molecule has 3 N–H and O–H groups in total. The standard InChI is InChI=1S/C5H6N6O/c6-1-4-8-3-11(10-4)2-5(12)9-7/h3H,2,7H2,(H,9,12). The molecule has 0 aliphatic rings. The zero-order chi connectivity index (χ0) is 8.97. The van der Waals surface area contributed by atoms with E-state index < -0.39 is 5.91 Å². The first-order valence-electron chi connectivity index (χ1n) is 3.05. The van der Waals surface area contributed by atoms with Crippen molar-refractivity contribution in [2.24, 2.45) is 5.84 Å². The van der Waals surface area contributed by atoms with Crippen LogP contribution in [-0.2, 0) is 11.3 Å². The maximum Gasteiger partial charge on any atom is 0.255 e. The van der Waals surface area contributed by atoms with Gasteiger partial charge in [-0.2, -0.15) is 5.26 Å². The van der Waals surface area contributed by atoms with Gasteiger partial charge in [0.05, 0.1) is 0 Å². The van der Waals surface area contributed by atoms with Crippen LogP contribution in [0.5, 0.6) is 0 Å². The molecule has 0 aromatic carbocycles. The van der Waals surface area contributed by atoms with Crippen LogP contribution in [0.25, 0.3) is 0 Å². The number of aromatic nitrogens is 3. The van der Waals surface area contributed by atoms with Gasteiger partial charge in [-0.05, 0) is 0 Å². The van der Waals surface area contributed by atoms with Gasteiger partial charge < -0.3 is 0 Å². The fourth-order valence-electron chi connectivity index (χ4n) is 0.615. The lowest BCUT2D eigenvalue weighted by molar-refractivity contribution is -0.121. The Kier molecular flexibility index (Phi) is 2.35. The Hall–Kier alpha value is -1.94. The average Bonchev–Trinajstić information content (AvgIpc) is 2.52. The Morgan fingerprint density at radius 1 is 1.92 bits per heavy atom. The highest BCUT2D eigenvalue weighted by molar-refractivity contribution is 5.74. The Balaban J connectivity index is 2.65. The highest BCUT2D eigenvalue weighted by Crippen LogP contribution is 1.86. The van der Waals surface area contributed by atoms with Crippen LogP contribution in [0.1, 0.15) is 5.82 Å². The van der Waals surface area contributed by atoms with Crippen molar-refractivity contribution < 1.29 is 4.79 Å². The Morgan fingerprint density at radius 2 is 2.67 bits per heavy atom. The second kappa shape index (κ2) is 3.45. The summed E-state index contributed by atoms with van der Waals surface area (Å²) in [7, 11) is 0. The number of rotatable bonds is 2. The van der Waals surface area contributed by atoms with Gasteiger partial charge in [-0.1, -0.05) is 0 Å². The number of carbonyl (C=O) groups is 1. The fraction of sp³-hybridized carbons (Fsp3) is 0.200. The van der Waals surface area contributed by atoms with E-state index in [0.717, 1.165) is 0 Å². The molecule has 1 aromatic heterocycles. The molecule has 1 rings (SSSR count). The minimum absolute atomic E-state index is 0.0276. The third kappa shape index (κ3) is 1.77. The first-order valence-corrected chi connectivity index (χ1v) is 3.05. The molecular formula is C5H6N6O. The Bertz CT molecular complexity index is 323. The molecule has 7 heteroatoms. The number of hydrazine groups is 1. The molecule has 0 saturated heterocycles. The van der Waals surface area contributed by atoms with Gasteiger partial charge in [-0.25, -0.2) is 15.5 Å². The van der Waals surface area contributed by atoms with Crippen LogP contribution in [0.3, 0.4) is 0 Å². The maximum absolute atomic E-state index is 10.7. The highest BCUT2D eigenvalue weighted by Gasteiger charge is 2.02. The minimum Gasteiger partial charge on any atom is -0.293 e. The molecule has 1 amide bonds. The molecule has 0 radical (unpaired) electrons. The van der Waals surface area contributed by atoms with Gasteiger partial charge in [0, 0.05) is 0 Å². The van der Waals surface area contributed by atoms with Crippen LogP contribution in [0.15, 0.2) is 6.33 Å². The predicted octanol–water partition coefficient (Wildman–Crippen LogP) is -1.86. The average molecular weight is 166 g/mol. The highest BCUT2D eigenvalue weighted by atomic mass is 16.2. The molecule has 1 heterocycles. The number of amides is 1. The van der Waals surface area contributed by atoms with E-state index in [9.17, 15) is 4.79 Å². The zero-order valence-corrected chi connectivity index (χ0v) is 6.06. The van der Waals surface area contributed by atoms with Crippen molar-refractivity contribution in [3.05, 3.63) is 12.2 Å². The first kappa shape index (κ1) is 8.16. The lowest BCUT2D eigenvalue weighted by Crippen LogP contribution is -2.33. The summed E-state index contributed by atoms with van der Waals surface area (Å²) >= 11 is 0. The molecule has 0 aliphatic heterocycles. The second-order valence-corrected chi connectivity index (χ2v) is 1.95. The molecule has 0 fully saturated rings. The number of nitrogens with two attached hydrogens (primary N) is 1. The molecule has 0 atom stereocenters. The van der Waals surface area contributed by atoms with Crippen molar-refractivity contribution in [2.45, 2.75) is 6.54 Å². The van der Waals surface area contributed by atoms with E-state index >= 15 is 0 Å². The fourth-order valence-corrected chi connectivity index (χ4v) is 0.615. The van der Waals surface area contributed by atoms with Gasteiger partial charge in [0.2, 0.25) is 0 Å². The summed E-state index contributed by atoms with van der Waals surface area (Å²) in [5.74, 6) is 4.46. The molecule has 0 saturated carbocycles. The number of hydrogen-bond donors (Lipinski definition) is 2. The lowest BCUT2D eigenvalue weighted by atomic mass is 10.6. The molecule has 0 aliphatic carbocycles. The summed E-state index contributed by atoms with van der Waals surface area (Å²) in [4.78, 5) is 14.3. The van der Waals surface area contributed by atoms with Gasteiger partial charge in [0.1, 0.15) is 18.9 Å². The topological polar surface area (TPSA) is 110 Å². The number of carbonyl (C=O) groups excluding carboxylic acids is 1. The summed E-state index contributed by atoms with van der Waals surface area (Å²) in [6.45, 7) is -0.0365. The predicted molar refractivity (Wildman–Crippen MR) is 37.1 cm³/mol. The van der Waals surface area contributed by atoms with Gasteiger partial charge in [0.15, 0.2) is 0 Å². The van der Waals surface area contributed by atoms with Gasteiger partial charge in [-0.3, -0.25) is 10.2 Å². The quantitative estimate of drug-likeness (QED) is 0.304. The van der Waals surface area contributed by atoms with Crippen LogP contribution < -0.4 is 11.3 Å². The van der Waals surface area contributed by atoms with E-state index in [0.29, 0.717) is 0 Å². The van der Waals surface area contributed by atoms with Crippen molar-refractivity contribution in [2.75, 3.05) is 0 Å². The lowest BCUT2D eigenvalue weighted by Gasteiger charge is -1.96. The Labute approximate surface area is 67.8 Å². The van der Waals surface area contributed by atoms with Crippen LogP contribution in [0.4, 0.5) is 0 Å². The molecule has 62 valence electrons. The van der Waals surface area contributed by atoms with Crippen molar-refractivity contribution >= 4 is 5.91 Å². The number of nitrogens with zero attached hydrogens (tertiary/aromatic N) is 4. The van der Waals surface area contributed by atoms with E-state index in [4.69, 9.17) is 11.1 Å². The molecule has 0 spiro atoms. The van der Waals surface area contributed by atoms with Crippen molar-refractivity contribution in [3.63, 3.8) is 0 Å². The van der Waals surface area contributed by atoms with Gasteiger partial charge in [-0.15, -0.1) is 5.10 Å². The smallest absolute Gasteiger partial charge is 0.255 e. The maximum atomic E-state index is 10.7. The third-order valence-electron chi connectivity index (χ3n) is 1.10. The van der Waals surface area contributed by atoms with Gasteiger partial charge in [0.25, 0.3) is 11.7 Å². The van der Waals surface area contributed by atoms with Crippen molar-refractivity contribution in [1.82, 2.24) is 20.2 Å². The van der Waals surface area contributed by atoms with Crippen LogP contribution >= 0.6 is 0 Å². The summed E-state index contributed by atoms with van der Waals surface area (Å²) in [5, 5.41) is 12.0. The monoisotopic (exact) mass is 166 g/mol. The third-order valence-corrected chi connectivity index (χ3v) is 1.10.